The zero-order chi connectivity index (χ0) is 14.4. The first-order valence-electron chi connectivity index (χ1n) is 6.45. The summed E-state index contributed by atoms with van der Waals surface area (Å²) in [5.74, 6) is 0. The maximum atomic E-state index is 11.2. The molecule has 0 aliphatic carbocycles. The van der Waals surface area contributed by atoms with E-state index in [0.717, 1.165) is 6.42 Å². The Morgan fingerprint density at radius 2 is 1.75 bits per heavy atom. The van der Waals surface area contributed by atoms with Crippen molar-refractivity contribution in [3.8, 4) is 0 Å². The van der Waals surface area contributed by atoms with Crippen molar-refractivity contribution in [2.75, 3.05) is 24.2 Å². The highest BCUT2D eigenvalue weighted by Crippen LogP contribution is 2.32. The number of nitrogens with zero attached hydrogens (tertiary/aromatic N) is 1. The fourth-order valence-corrected chi connectivity index (χ4v) is 2.07. The van der Waals surface area contributed by atoms with Crippen LogP contribution in [0.5, 0.6) is 0 Å². The van der Waals surface area contributed by atoms with E-state index in [4.69, 9.17) is 0 Å². The fourth-order valence-electron chi connectivity index (χ4n) is 2.07. The molecule has 0 saturated heterocycles. The van der Waals surface area contributed by atoms with Gasteiger partial charge >= 0.3 is 5.69 Å². The lowest BCUT2D eigenvalue weighted by molar-refractivity contribution is -0.383. The molecule has 2 aromatic carbocycles. The van der Waals surface area contributed by atoms with Crippen molar-refractivity contribution in [2.45, 2.75) is 6.42 Å². The van der Waals surface area contributed by atoms with E-state index in [9.17, 15) is 10.1 Å². The number of benzene rings is 2. The quantitative estimate of drug-likeness (QED) is 0.625. The summed E-state index contributed by atoms with van der Waals surface area (Å²) in [7, 11) is 1.68. The van der Waals surface area contributed by atoms with Crippen LogP contribution in [0, 0.1) is 10.1 Å². The van der Waals surface area contributed by atoms with Gasteiger partial charge in [-0.1, -0.05) is 36.4 Å². The molecule has 2 rings (SSSR count). The van der Waals surface area contributed by atoms with Gasteiger partial charge in [0.05, 0.1) is 4.92 Å². The van der Waals surface area contributed by atoms with Crippen LogP contribution >= 0.6 is 0 Å². The molecule has 5 nitrogen and oxygen atoms in total. The number of rotatable bonds is 6. The lowest BCUT2D eigenvalue weighted by Crippen LogP contribution is -2.08. The molecule has 0 saturated carbocycles. The van der Waals surface area contributed by atoms with Crippen molar-refractivity contribution in [3.63, 3.8) is 0 Å². The van der Waals surface area contributed by atoms with E-state index < -0.39 is 0 Å². The van der Waals surface area contributed by atoms with E-state index in [1.54, 1.807) is 25.2 Å². The standard InChI is InChI=1S/C15H17N3O2/c1-16-13-8-5-9-14(15(13)18(19)20)17-11-10-12-6-3-2-4-7-12/h2-9,16-17H,10-11H2,1H3. The van der Waals surface area contributed by atoms with Crippen molar-refractivity contribution >= 4 is 17.1 Å². The van der Waals surface area contributed by atoms with Crippen LogP contribution in [0.1, 0.15) is 5.56 Å². The third-order valence-corrected chi connectivity index (χ3v) is 3.06. The van der Waals surface area contributed by atoms with Gasteiger partial charge in [0.25, 0.3) is 0 Å². The average molecular weight is 271 g/mol. The number of hydrogen-bond acceptors (Lipinski definition) is 4. The molecule has 0 radical (unpaired) electrons. The number of nitrogens with one attached hydrogen (secondary N) is 2. The molecule has 0 aliphatic heterocycles. The molecule has 0 bridgehead atoms. The summed E-state index contributed by atoms with van der Waals surface area (Å²) < 4.78 is 0. The first kappa shape index (κ1) is 13.9. The van der Waals surface area contributed by atoms with E-state index >= 15 is 0 Å². The topological polar surface area (TPSA) is 67.2 Å². The predicted octanol–water partition coefficient (Wildman–Crippen LogP) is 3.29. The third kappa shape index (κ3) is 3.26. The second-order valence-electron chi connectivity index (χ2n) is 4.37. The van der Waals surface area contributed by atoms with E-state index in [-0.39, 0.29) is 10.6 Å². The fraction of sp³-hybridized carbons (Fsp3) is 0.200. The molecule has 2 aromatic rings. The smallest absolute Gasteiger partial charge is 0.315 e. The largest absolute Gasteiger partial charge is 0.382 e. The van der Waals surface area contributed by atoms with Gasteiger partial charge in [0, 0.05) is 13.6 Å². The Morgan fingerprint density at radius 3 is 2.40 bits per heavy atom. The Bertz CT molecular complexity index is 585. The molecule has 2 N–H and O–H groups in total. The first-order valence-corrected chi connectivity index (χ1v) is 6.45. The van der Waals surface area contributed by atoms with Gasteiger partial charge < -0.3 is 10.6 Å². The second kappa shape index (κ2) is 6.56. The second-order valence-corrected chi connectivity index (χ2v) is 4.37. The Labute approximate surface area is 117 Å². The first-order chi connectivity index (χ1) is 9.72. The summed E-state index contributed by atoms with van der Waals surface area (Å²) in [5.41, 5.74) is 2.34. The van der Waals surface area contributed by atoms with Gasteiger partial charge in [-0.3, -0.25) is 10.1 Å². The van der Waals surface area contributed by atoms with Gasteiger partial charge in [0.2, 0.25) is 0 Å². The summed E-state index contributed by atoms with van der Waals surface area (Å²) in [5, 5.41) is 17.1. The molecule has 0 fully saturated rings. The molecular formula is C15H17N3O2. The highest BCUT2D eigenvalue weighted by molar-refractivity contribution is 5.76. The van der Waals surface area contributed by atoms with Crippen molar-refractivity contribution < 1.29 is 4.92 Å². The van der Waals surface area contributed by atoms with E-state index in [0.29, 0.717) is 17.9 Å². The molecule has 104 valence electrons. The lowest BCUT2D eigenvalue weighted by Gasteiger charge is -2.10. The molecule has 0 unspecified atom stereocenters. The predicted molar refractivity (Wildman–Crippen MR) is 81.3 cm³/mol. The van der Waals surface area contributed by atoms with E-state index in [2.05, 4.69) is 10.6 Å². The number of para-hydroxylation sites is 1. The average Bonchev–Trinajstić information content (AvgIpc) is 2.47. The highest BCUT2D eigenvalue weighted by Gasteiger charge is 2.18. The van der Waals surface area contributed by atoms with Crippen LogP contribution < -0.4 is 10.6 Å². The normalized spacial score (nSPS) is 10.1. The van der Waals surface area contributed by atoms with Crippen LogP contribution in [0.4, 0.5) is 17.1 Å². The SMILES string of the molecule is CNc1cccc(NCCc2ccccc2)c1[N+](=O)[O-]. The Morgan fingerprint density at radius 1 is 1.05 bits per heavy atom. The molecule has 0 spiro atoms. The molecule has 0 amide bonds. The third-order valence-electron chi connectivity index (χ3n) is 3.06. The zero-order valence-corrected chi connectivity index (χ0v) is 11.3. The van der Waals surface area contributed by atoms with Gasteiger partial charge in [0.1, 0.15) is 11.4 Å². The van der Waals surface area contributed by atoms with E-state index in [1.165, 1.54) is 5.56 Å². The van der Waals surface area contributed by atoms with Crippen LogP contribution in [0.2, 0.25) is 0 Å². The molecule has 0 heterocycles. The van der Waals surface area contributed by atoms with Crippen LogP contribution in [0.3, 0.4) is 0 Å². The van der Waals surface area contributed by atoms with Gasteiger partial charge in [-0.05, 0) is 24.1 Å². The number of nitro groups is 1. The maximum absolute atomic E-state index is 11.2. The lowest BCUT2D eigenvalue weighted by atomic mass is 10.1. The van der Waals surface area contributed by atoms with Crippen molar-refractivity contribution in [1.29, 1.82) is 0 Å². The summed E-state index contributed by atoms with van der Waals surface area (Å²) in [6.45, 7) is 0.651. The minimum absolute atomic E-state index is 0.0862. The summed E-state index contributed by atoms with van der Waals surface area (Å²) >= 11 is 0. The van der Waals surface area contributed by atoms with Gasteiger partial charge in [-0.2, -0.15) is 0 Å². The van der Waals surface area contributed by atoms with Crippen LogP contribution in [-0.4, -0.2) is 18.5 Å². The number of anilines is 2. The van der Waals surface area contributed by atoms with Crippen molar-refractivity contribution in [2.24, 2.45) is 0 Å². The van der Waals surface area contributed by atoms with Crippen molar-refractivity contribution in [3.05, 3.63) is 64.2 Å². The minimum atomic E-state index is -0.364. The molecule has 0 aliphatic rings. The van der Waals surface area contributed by atoms with Crippen LogP contribution in [0.15, 0.2) is 48.5 Å². The van der Waals surface area contributed by atoms with E-state index in [1.807, 2.05) is 30.3 Å². The summed E-state index contributed by atoms with van der Waals surface area (Å²) in [6.07, 6.45) is 0.821. The van der Waals surface area contributed by atoms with Gasteiger partial charge in [-0.15, -0.1) is 0 Å². The summed E-state index contributed by atoms with van der Waals surface area (Å²) in [6, 6.07) is 15.2. The molecular weight excluding hydrogens is 254 g/mol. The molecule has 5 heteroatoms. The summed E-state index contributed by atoms with van der Waals surface area (Å²) in [4.78, 5) is 10.8. The van der Waals surface area contributed by atoms with Gasteiger partial charge in [-0.25, -0.2) is 0 Å². The van der Waals surface area contributed by atoms with Crippen LogP contribution in [-0.2, 0) is 6.42 Å². The molecule has 0 aromatic heterocycles. The minimum Gasteiger partial charge on any atom is -0.382 e. The Kier molecular flexibility index (Phi) is 4.55. The number of hydrogen-bond donors (Lipinski definition) is 2. The van der Waals surface area contributed by atoms with Crippen LogP contribution in [0.25, 0.3) is 0 Å². The van der Waals surface area contributed by atoms with Crippen molar-refractivity contribution in [1.82, 2.24) is 0 Å². The highest BCUT2D eigenvalue weighted by atomic mass is 16.6. The Hall–Kier alpha value is -2.56. The van der Waals surface area contributed by atoms with Gasteiger partial charge in [0.15, 0.2) is 0 Å². The number of nitro benzene ring substituents is 1. The molecule has 0 atom stereocenters. The Balaban J connectivity index is 2.08. The molecule has 20 heavy (non-hydrogen) atoms. The zero-order valence-electron chi connectivity index (χ0n) is 11.3. The maximum Gasteiger partial charge on any atom is 0.315 e. The monoisotopic (exact) mass is 271 g/mol.